The summed E-state index contributed by atoms with van der Waals surface area (Å²) in [7, 11) is 0. The van der Waals surface area contributed by atoms with Crippen LogP contribution in [0.5, 0.6) is 0 Å². The number of carbonyl (C=O) groups is 1. The van der Waals surface area contributed by atoms with Crippen molar-refractivity contribution in [2.24, 2.45) is 0 Å². The number of rotatable bonds is 6. The molecule has 0 amide bonds. The fourth-order valence-electron chi connectivity index (χ4n) is 1.13. The topological polar surface area (TPSA) is 26.3 Å². The molecule has 3 heteroatoms. The van der Waals surface area contributed by atoms with Gasteiger partial charge in [-0.05, 0) is 30.7 Å². The van der Waals surface area contributed by atoms with Gasteiger partial charge in [0.25, 0.3) is 0 Å². The first-order chi connectivity index (χ1) is 7.29. The Morgan fingerprint density at radius 3 is 2.67 bits per heavy atom. The van der Waals surface area contributed by atoms with Crippen molar-refractivity contribution in [2.45, 2.75) is 24.7 Å². The number of hydrogen-bond donors (Lipinski definition) is 0. The van der Waals surface area contributed by atoms with Crippen LogP contribution in [0.4, 0.5) is 0 Å². The normalized spacial score (nSPS) is 9.93. The molecule has 0 aromatic heterocycles. The maximum atomic E-state index is 10.5. The van der Waals surface area contributed by atoms with Gasteiger partial charge in [-0.15, -0.1) is 11.8 Å². The highest BCUT2D eigenvalue weighted by molar-refractivity contribution is 7.99. The molecule has 0 heterocycles. The van der Waals surface area contributed by atoms with E-state index in [1.807, 2.05) is 30.0 Å². The van der Waals surface area contributed by atoms with Crippen LogP contribution in [0.2, 0.25) is 0 Å². The Labute approximate surface area is 95.0 Å². The van der Waals surface area contributed by atoms with E-state index in [1.54, 1.807) is 0 Å². The highest BCUT2D eigenvalue weighted by Crippen LogP contribution is 2.18. The molecule has 0 N–H and O–H groups in total. The van der Waals surface area contributed by atoms with Gasteiger partial charge in [0.2, 0.25) is 0 Å². The molecule has 2 nitrogen and oxygen atoms in total. The van der Waals surface area contributed by atoms with Crippen LogP contribution < -0.4 is 0 Å². The molecule has 0 aliphatic rings. The van der Waals surface area contributed by atoms with Crippen LogP contribution in [0.25, 0.3) is 0 Å². The van der Waals surface area contributed by atoms with Crippen LogP contribution in [0.3, 0.4) is 0 Å². The molecule has 0 fully saturated rings. The third-order valence-electron chi connectivity index (χ3n) is 1.86. The largest absolute Gasteiger partial charge is 0.466 e. The van der Waals surface area contributed by atoms with Crippen LogP contribution in [0, 0.1) is 0 Å². The van der Waals surface area contributed by atoms with E-state index in [1.165, 1.54) is 11.8 Å². The van der Waals surface area contributed by atoms with Gasteiger partial charge in [0.15, 0.2) is 0 Å². The zero-order valence-electron chi connectivity index (χ0n) is 8.94. The number of thioether (sulfide) groups is 1. The second kappa shape index (κ2) is 7.35. The molecule has 1 aromatic rings. The summed E-state index contributed by atoms with van der Waals surface area (Å²) in [5.74, 6) is 0.886. The van der Waals surface area contributed by atoms with Crippen molar-refractivity contribution in [1.82, 2.24) is 0 Å². The predicted octanol–water partition coefficient (Wildman–Crippen LogP) is 3.12. The van der Waals surface area contributed by atoms with E-state index in [-0.39, 0.29) is 5.97 Å². The van der Waals surface area contributed by atoms with Crippen molar-refractivity contribution < 1.29 is 9.53 Å². The third kappa shape index (κ3) is 6.18. The summed E-state index contributed by atoms with van der Waals surface area (Å²) in [6, 6.07) is 10.3. The maximum Gasteiger partial charge on any atom is 0.302 e. The zero-order valence-corrected chi connectivity index (χ0v) is 9.76. The molecule has 1 aromatic carbocycles. The van der Waals surface area contributed by atoms with Crippen LogP contribution in [-0.2, 0) is 9.53 Å². The molecule has 0 aliphatic heterocycles. The molecular formula is C12H16O2S. The zero-order chi connectivity index (χ0) is 10.9. The van der Waals surface area contributed by atoms with E-state index in [0.29, 0.717) is 6.61 Å². The molecule has 0 atom stereocenters. The molecule has 0 saturated carbocycles. The third-order valence-corrected chi connectivity index (χ3v) is 2.95. The van der Waals surface area contributed by atoms with Crippen molar-refractivity contribution in [2.75, 3.05) is 12.4 Å². The predicted molar refractivity (Wildman–Crippen MR) is 63.0 cm³/mol. The number of benzene rings is 1. The first-order valence-corrected chi connectivity index (χ1v) is 6.09. The number of carbonyl (C=O) groups excluding carboxylic acids is 1. The van der Waals surface area contributed by atoms with Gasteiger partial charge in [0.05, 0.1) is 6.61 Å². The highest BCUT2D eigenvalue weighted by Gasteiger charge is 1.95. The van der Waals surface area contributed by atoms with Gasteiger partial charge >= 0.3 is 5.97 Å². The molecule has 0 saturated heterocycles. The summed E-state index contributed by atoms with van der Waals surface area (Å²) in [4.78, 5) is 11.8. The smallest absolute Gasteiger partial charge is 0.302 e. The lowest BCUT2D eigenvalue weighted by atomic mass is 10.4. The number of ether oxygens (including phenoxy) is 1. The first kappa shape index (κ1) is 12.1. The summed E-state index contributed by atoms with van der Waals surface area (Å²) in [6.07, 6.45) is 2.02. The Kier molecular flexibility index (Phi) is 5.93. The van der Waals surface area contributed by atoms with Gasteiger partial charge < -0.3 is 4.74 Å². The fraction of sp³-hybridized carbons (Fsp3) is 0.417. The van der Waals surface area contributed by atoms with Gasteiger partial charge in [-0.1, -0.05) is 18.2 Å². The second-order valence-corrected chi connectivity index (χ2v) is 4.38. The van der Waals surface area contributed by atoms with E-state index in [4.69, 9.17) is 4.74 Å². The summed E-state index contributed by atoms with van der Waals surface area (Å²) >= 11 is 1.84. The molecule has 0 aliphatic carbocycles. The average molecular weight is 224 g/mol. The molecule has 15 heavy (non-hydrogen) atoms. The maximum absolute atomic E-state index is 10.5. The van der Waals surface area contributed by atoms with E-state index < -0.39 is 0 Å². The van der Waals surface area contributed by atoms with E-state index in [0.717, 1.165) is 18.6 Å². The van der Waals surface area contributed by atoms with Crippen molar-refractivity contribution in [3.05, 3.63) is 30.3 Å². The van der Waals surface area contributed by atoms with Gasteiger partial charge in [0, 0.05) is 11.8 Å². The molecule has 0 spiro atoms. The van der Waals surface area contributed by atoms with Crippen LogP contribution in [0.15, 0.2) is 35.2 Å². The van der Waals surface area contributed by atoms with E-state index in [2.05, 4.69) is 12.1 Å². The Morgan fingerprint density at radius 2 is 2.00 bits per heavy atom. The van der Waals surface area contributed by atoms with Crippen LogP contribution in [-0.4, -0.2) is 18.3 Å². The molecule has 0 bridgehead atoms. The second-order valence-electron chi connectivity index (χ2n) is 3.21. The molecule has 0 radical (unpaired) electrons. The highest BCUT2D eigenvalue weighted by atomic mass is 32.2. The van der Waals surface area contributed by atoms with E-state index >= 15 is 0 Å². The summed E-state index contributed by atoms with van der Waals surface area (Å²) in [6.45, 7) is 1.99. The monoisotopic (exact) mass is 224 g/mol. The van der Waals surface area contributed by atoms with Crippen LogP contribution >= 0.6 is 11.8 Å². The Hall–Kier alpha value is -0.960. The summed E-state index contributed by atoms with van der Waals surface area (Å²) < 4.78 is 4.85. The number of hydrogen-bond acceptors (Lipinski definition) is 3. The van der Waals surface area contributed by atoms with Crippen molar-refractivity contribution >= 4 is 17.7 Å². The summed E-state index contributed by atoms with van der Waals surface area (Å²) in [5.41, 5.74) is 0. The molecule has 82 valence electrons. The average Bonchev–Trinajstić information content (AvgIpc) is 2.24. The molecular weight excluding hydrogens is 208 g/mol. The van der Waals surface area contributed by atoms with Crippen molar-refractivity contribution in [3.63, 3.8) is 0 Å². The lowest BCUT2D eigenvalue weighted by Crippen LogP contribution is -2.00. The van der Waals surface area contributed by atoms with Crippen molar-refractivity contribution in [1.29, 1.82) is 0 Å². The fourth-order valence-corrected chi connectivity index (χ4v) is 2.06. The Bertz CT molecular complexity index is 285. The summed E-state index contributed by atoms with van der Waals surface area (Å²) in [5, 5.41) is 0. The quantitative estimate of drug-likeness (QED) is 0.422. The first-order valence-electron chi connectivity index (χ1n) is 5.10. The van der Waals surface area contributed by atoms with Crippen molar-refractivity contribution in [3.8, 4) is 0 Å². The van der Waals surface area contributed by atoms with Gasteiger partial charge in [-0.2, -0.15) is 0 Å². The van der Waals surface area contributed by atoms with Gasteiger partial charge in [0.1, 0.15) is 0 Å². The van der Waals surface area contributed by atoms with Gasteiger partial charge in [-0.25, -0.2) is 0 Å². The molecule has 1 rings (SSSR count). The van der Waals surface area contributed by atoms with Crippen LogP contribution in [0.1, 0.15) is 19.8 Å². The lowest BCUT2D eigenvalue weighted by Gasteiger charge is -2.02. The lowest BCUT2D eigenvalue weighted by molar-refractivity contribution is -0.141. The van der Waals surface area contributed by atoms with Gasteiger partial charge in [-0.3, -0.25) is 4.79 Å². The Balaban J connectivity index is 2.00. The SMILES string of the molecule is CC(=O)OCCCCSc1ccccc1. The number of unbranched alkanes of at least 4 members (excludes halogenated alkanes) is 1. The minimum atomic E-state index is -0.189. The number of esters is 1. The minimum absolute atomic E-state index is 0.189. The minimum Gasteiger partial charge on any atom is -0.466 e. The standard InChI is InChI=1S/C12H16O2S/c1-11(13)14-9-5-6-10-15-12-7-3-2-4-8-12/h2-4,7-8H,5-6,9-10H2,1H3. The Morgan fingerprint density at radius 1 is 1.27 bits per heavy atom. The van der Waals surface area contributed by atoms with E-state index in [9.17, 15) is 4.79 Å². The molecule has 0 unspecified atom stereocenters.